The Morgan fingerprint density at radius 2 is 1.61 bits per heavy atom. The second-order valence-electron chi connectivity index (χ2n) is 7.01. The molecule has 0 atom stereocenters. The fraction of sp³-hybridized carbons (Fsp3) is 0.320. The molecule has 0 fully saturated rings. The van der Waals surface area contributed by atoms with Crippen LogP contribution < -0.4 is 4.74 Å². The summed E-state index contributed by atoms with van der Waals surface area (Å²) in [6.07, 6.45) is 1.38. The smallest absolute Gasteiger partial charge is 0.316 e. The number of rotatable bonds is 8. The minimum Gasteiger partial charge on any atom is -0.489 e. The number of esters is 1. The van der Waals surface area contributed by atoms with Crippen LogP contribution in [0.3, 0.4) is 0 Å². The van der Waals surface area contributed by atoms with E-state index >= 15 is 0 Å². The zero-order valence-corrected chi connectivity index (χ0v) is 16.9. The van der Waals surface area contributed by atoms with Gasteiger partial charge >= 0.3 is 5.97 Å². The summed E-state index contributed by atoms with van der Waals surface area (Å²) in [6, 6.07) is 22.5. The quantitative estimate of drug-likeness (QED) is 0.450. The van der Waals surface area contributed by atoms with Gasteiger partial charge in [0, 0.05) is 0 Å². The van der Waals surface area contributed by atoms with Crippen LogP contribution in [0.4, 0.5) is 0 Å². The lowest BCUT2D eigenvalue weighted by molar-refractivity contribution is -0.150. The van der Waals surface area contributed by atoms with E-state index in [0.29, 0.717) is 26.1 Å². The van der Waals surface area contributed by atoms with Crippen molar-refractivity contribution in [1.29, 1.82) is 0 Å². The van der Waals surface area contributed by atoms with Crippen LogP contribution >= 0.6 is 0 Å². The summed E-state index contributed by atoms with van der Waals surface area (Å²) in [5.41, 5.74) is 1.44. The maximum Gasteiger partial charge on any atom is 0.316 e. The summed E-state index contributed by atoms with van der Waals surface area (Å²) in [5, 5.41) is 2.43. The highest BCUT2D eigenvalue weighted by molar-refractivity contribution is 5.83. The predicted molar refractivity (Wildman–Crippen MR) is 114 cm³/mol. The molecule has 0 aromatic heterocycles. The number of carbonyl (C=O) groups excluding carboxylic acids is 1. The molecule has 0 unspecified atom stereocenters. The largest absolute Gasteiger partial charge is 0.489 e. The van der Waals surface area contributed by atoms with E-state index in [1.807, 2.05) is 57.2 Å². The Balaban J connectivity index is 1.80. The number of hydrogen-bond acceptors (Lipinski definition) is 3. The molecule has 0 saturated heterocycles. The Kier molecular flexibility index (Phi) is 6.35. The van der Waals surface area contributed by atoms with Gasteiger partial charge in [0.05, 0.1) is 12.0 Å². The molecule has 3 aromatic rings. The minimum atomic E-state index is -0.627. The Bertz CT molecular complexity index is 941. The molecule has 3 rings (SSSR count). The lowest BCUT2D eigenvalue weighted by Crippen LogP contribution is -2.36. The standard InChI is InChI=1S/C25H28O3/c1-4-25(5-2,24(26)27-6-3)22-12-9-13-23(17-22)28-18-19-14-15-20-10-7-8-11-21(20)16-19/h7-17H,4-6,18H2,1-3H3. The Morgan fingerprint density at radius 1 is 0.857 bits per heavy atom. The van der Waals surface area contributed by atoms with Gasteiger partial charge in [0.2, 0.25) is 0 Å². The van der Waals surface area contributed by atoms with Gasteiger partial charge in [-0.2, -0.15) is 0 Å². The summed E-state index contributed by atoms with van der Waals surface area (Å²) in [7, 11) is 0. The van der Waals surface area contributed by atoms with Crippen molar-refractivity contribution in [2.45, 2.75) is 45.6 Å². The number of ether oxygens (including phenoxy) is 2. The molecule has 0 aliphatic rings. The molecule has 0 spiro atoms. The normalized spacial score (nSPS) is 11.4. The molecule has 28 heavy (non-hydrogen) atoms. The van der Waals surface area contributed by atoms with E-state index in [1.54, 1.807) is 0 Å². The summed E-state index contributed by atoms with van der Waals surface area (Å²) in [4.78, 5) is 12.7. The molecule has 0 radical (unpaired) electrons. The van der Waals surface area contributed by atoms with E-state index in [-0.39, 0.29) is 5.97 Å². The fourth-order valence-electron chi connectivity index (χ4n) is 3.71. The van der Waals surface area contributed by atoms with Crippen LogP contribution in [0, 0.1) is 0 Å². The molecule has 0 aliphatic carbocycles. The molecular formula is C25H28O3. The summed E-state index contributed by atoms with van der Waals surface area (Å²) >= 11 is 0. The first-order chi connectivity index (χ1) is 13.6. The van der Waals surface area contributed by atoms with Crippen molar-refractivity contribution in [2.75, 3.05) is 6.61 Å². The molecule has 3 aromatic carbocycles. The molecule has 0 amide bonds. The van der Waals surface area contributed by atoms with Gasteiger partial charge in [-0.3, -0.25) is 4.79 Å². The highest BCUT2D eigenvalue weighted by atomic mass is 16.5. The lowest BCUT2D eigenvalue weighted by atomic mass is 9.76. The van der Waals surface area contributed by atoms with E-state index in [2.05, 4.69) is 30.3 Å². The maximum atomic E-state index is 12.7. The van der Waals surface area contributed by atoms with Gasteiger partial charge in [-0.15, -0.1) is 0 Å². The summed E-state index contributed by atoms with van der Waals surface area (Å²) < 4.78 is 11.4. The van der Waals surface area contributed by atoms with E-state index in [0.717, 1.165) is 16.9 Å². The van der Waals surface area contributed by atoms with Crippen LogP contribution in [0.1, 0.15) is 44.7 Å². The predicted octanol–water partition coefficient (Wildman–Crippen LogP) is 6.04. The van der Waals surface area contributed by atoms with Crippen LogP contribution in [0.15, 0.2) is 66.7 Å². The molecule has 146 valence electrons. The van der Waals surface area contributed by atoms with Crippen molar-refractivity contribution in [1.82, 2.24) is 0 Å². The van der Waals surface area contributed by atoms with Crippen LogP contribution in [-0.2, 0) is 21.6 Å². The zero-order valence-electron chi connectivity index (χ0n) is 16.9. The van der Waals surface area contributed by atoms with Gasteiger partial charge < -0.3 is 9.47 Å². The number of fused-ring (bicyclic) bond motifs is 1. The molecule has 3 heteroatoms. The SMILES string of the molecule is CCOC(=O)C(CC)(CC)c1cccc(OCc2ccc3ccccc3c2)c1. The first-order valence-electron chi connectivity index (χ1n) is 10.0. The molecule has 3 nitrogen and oxygen atoms in total. The van der Waals surface area contributed by atoms with Crippen LogP contribution in [0.2, 0.25) is 0 Å². The van der Waals surface area contributed by atoms with Crippen LogP contribution in [0.5, 0.6) is 5.75 Å². The van der Waals surface area contributed by atoms with Gasteiger partial charge in [0.25, 0.3) is 0 Å². The van der Waals surface area contributed by atoms with E-state index in [9.17, 15) is 4.79 Å². The van der Waals surface area contributed by atoms with Gasteiger partial charge in [0.15, 0.2) is 0 Å². The second kappa shape index (κ2) is 8.92. The molecule has 0 heterocycles. The average Bonchev–Trinajstić information content (AvgIpc) is 2.74. The number of carbonyl (C=O) groups is 1. The van der Waals surface area contributed by atoms with Gasteiger partial charge in [-0.05, 0) is 59.9 Å². The van der Waals surface area contributed by atoms with Crippen molar-refractivity contribution in [3.63, 3.8) is 0 Å². The average molecular weight is 376 g/mol. The third kappa shape index (κ3) is 4.04. The van der Waals surface area contributed by atoms with Crippen molar-refractivity contribution in [3.05, 3.63) is 77.9 Å². The van der Waals surface area contributed by atoms with Crippen molar-refractivity contribution >= 4 is 16.7 Å². The molecule has 0 N–H and O–H groups in total. The van der Waals surface area contributed by atoms with Crippen LogP contribution in [-0.4, -0.2) is 12.6 Å². The Morgan fingerprint density at radius 3 is 2.32 bits per heavy atom. The van der Waals surface area contributed by atoms with Crippen molar-refractivity contribution in [3.8, 4) is 5.75 Å². The highest BCUT2D eigenvalue weighted by Crippen LogP contribution is 2.35. The monoisotopic (exact) mass is 376 g/mol. The van der Waals surface area contributed by atoms with Crippen molar-refractivity contribution in [2.24, 2.45) is 0 Å². The number of benzene rings is 3. The summed E-state index contributed by atoms with van der Waals surface area (Å²) in [5.74, 6) is 0.605. The zero-order chi connectivity index (χ0) is 20.0. The first kappa shape index (κ1) is 19.9. The van der Waals surface area contributed by atoms with Crippen molar-refractivity contribution < 1.29 is 14.3 Å². The lowest BCUT2D eigenvalue weighted by Gasteiger charge is -2.30. The molecular weight excluding hydrogens is 348 g/mol. The third-order valence-corrected chi connectivity index (χ3v) is 5.48. The van der Waals surface area contributed by atoms with E-state index in [1.165, 1.54) is 10.8 Å². The van der Waals surface area contributed by atoms with Crippen LogP contribution in [0.25, 0.3) is 10.8 Å². The molecule has 0 bridgehead atoms. The third-order valence-electron chi connectivity index (χ3n) is 5.48. The van der Waals surface area contributed by atoms with Gasteiger partial charge in [-0.25, -0.2) is 0 Å². The van der Waals surface area contributed by atoms with E-state index < -0.39 is 5.41 Å². The maximum absolute atomic E-state index is 12.7. The number of hydrogen-bond donors (Lipinski definition) is 0. The van der Waals surface area contributed by atoms with Gasteiger partial charge in [0.1, 0.15) is 12.4 Å². The first-order valence-corrected chi connectivity index (χ1v) is 10.0. The van der Waals surface area contributed by atoms with Gasteiger partial charge in [-0.1, -0.05) is 62.4 Å². The minimum absolute atomic E-state index is 0.160. The molecule has 0 aliphatic heterocycles. The Labute approximate surface area is 167 Å². The van der Waals surface area contributed by atoms with E-state index in [4.69, 9.17) is 9.47 Å². The Hall–Kier alpha value is -2.81. The molecule has 0 saturated carbocycles. The fourth-order valence-corrected chi connectivity index (χ4v) is 3.71. The topological polar surface area (TPSA) is 35.5 Å². The summed E-state index contributed by atoms with van der Waals surface area (Å²) in [6.45, 7) is 6.78. The highest BCUT2D eigenvalue weighted by Gasteiger charge is 2.38. The second-order valence-corrected chi connectivity index (χ2v) is 7.01.